The van der Waals surface area contributed by atoms with Crippen molar-refractivity contribution >= 4 is 20.1 Å². The number of hydrogen-bond acceptors (Lipinski definition) is 2. The summed E-state index contributed by atoms with van der Waals surface area (Å²) in [7, 11) is -1.72. The highest BCUT2D eigenvalue weighted by Gasteiger charge is 2.39. The molecule has 0 unspecified atom stereocenters. The van der Waals surface area contributed by atoms with E-state index < -0.39 is 8.32 Å². The van der Waals surface area contributed by atoms with Crippen LogP contribution < -0.4 is 0 Å². The van der Waals surface area contributed by atoms with Gasteiger partial charge in [-0.15, -0.1) is 0 Å². The molecule has 0 heterocycles. The lowest BCUT2D eigenvalue weighted by molar-refractivity contribution is 0.149. The zero-order chi connectivity index (χ0) is 17.1. The summed E-state index contributed by atoms with van der Waals surface area (Å²) in [6.07, 6.45) is 8.20. The average Bonchev–Trinajstić information content (AvgIpc) is 2.63. The highest BCUT2D eigenvalue weighted by atomic mass is 32.2. The van der Waals surface area contributed by atoms with Gasteiger partial charge in [0.1, 0.15) is 0 Å². The smallest absolute Gasteiger partial charge is 0.192 e. The van der Waals surface area contributed by atoms with Gasteiger partial charge in [0, 0.05) is 9.80 Å². The van der Waals surface area contributed by atoms with Crippen LogP contribution in [0, 0.1) is 5.92 Å². The Bertz CT molecular complexity index is 569. The highest BCUT2D eigenvalue weighted by Crippen LogP contribution is 2.39. The van der Waals surface area contributed by atoms with E-state index in [1.165, 1.54) is 9.80 Å². The number of benzene rings is 1. The van der Waals surface area contributed by atoms with Gasteiger partial charge < -0.3 is 4.43 Å². The van der Waals surface area contributed by atoms with E-state index in [2.05, 4.69) is 89.3 Å². The maximum absolute atomic E-state index is 6.67. The number of allylic oxidation sites excluding steroid dienone is 1. The molecular formula is C20H30OSSi. The Kier molecular flexibility index (Phi) is 5.98. The molecule has 1 aromatic rings. The van der Waals surface area contributed by atoms with Crippen LogP contribution >= 0.6 is 11.8 Å². The summed E-state index contributed by atoms with van der Waals surface area (Å²) in [5.41, 5.74) is 0. The topological polar surface area (TPSA) is 9.23 Å². The molecule has 3 heteroatoms. The molecule has 0 radical (unpaired) electrons. The van der Waals surface area contributed by atoms with Crippen LogP contribution in [0.1, 0.15) is 34.1 Å². The maximum atomic E-state index is 6.67. The summed E-state index contributed by atoms with van der Waals surface area (Å²) in [5, 5.41) is 0.258. The van der Waals surface area contributed by atoms with Crippen molar-refractivity contribution in [2.75, 3.05) is 0 Å². The third-order valence-corrected chi connectivity index (χ3v) is 10.5. The molecule has 0 aliphatic heterocycles. The van der Waals surface area contributed by atoms with E-state index in [0.29, 0.717) is 12.0 Å². The fraction of sp³-hybridized carbons (Fsp3) is 0.500. The van der Waals surface area contributed by atoms with Crippen LogP contribution in [0.3, 0.4) is 0 Å². The van der Waals surface area contributed by atoms with Gasteiger partial charge in [0.05, 0.1) is 6.10 Å². The molecule has 0 N–H and O–H groups in total. The van der Waals surface area contributed by atoms with Gasteiger partial charge in [0.25, 0.3) is 0 Å². The van der Waals surface area contributed by atoms with Gasteiger partial charge in [-0.25, -0.2) is 0 Å². The van der Waals surface area contributed by atoms with Crippen LogP contribution in [0.4, 0.5) is 0 Å². The lowest BCUT2D eigenvalue weighted by Crippen LogP contribution is -2.45. The zero-order valence-electron chi connectivity index (χ0n) is 15.3. The average molecular weight is 347 g/mol. The van der Waals surface area contributed by atoms with Gasteiger partial charge in [-0.3, -0.25) is 0 Å². The summed E-state index contributed by atoms with van der Waals surface area (Å²) in [6, 6.07) is 10.6. The minimum atomic E-state index is -1.72. The summed E-state index contributed by atoms with van der Waals surface area (Å²) in [6.45, 7) is 13.9. The summed E-state index contributed by atoms with van der Waals surface area (Å²) >= 11 is 1.84. The van der Waals surface area contributed by atoms with Crippen LogP contribution in [0.25, 0.3) is 0 Å². The van der Waals surface area contributed by atoms with Crippen molar-refractivity contribution in [3.8, 4) is 0 Å². The van der Waals surface area contributed by atoms with E-state index in [1.807, 2.05) is 11.8 Å². The zero-order valence-corrected chi connectivity index (χ0v) is 17.1. The second-order valence-corrected chi connectivity index (χ2v) is 13.8. The first-order valence-corrected chi connectivity index (χ1v) is 12.2. The monoisotopic (exact) mass is 346 g/mol. The summed E-state index contributed by atoms with van der Waals surface area (Å²) in [5.74, 6) is 0.453. The van der Waals surface area contributed by atoms with E-state index in [4.69, 9.17) is 4.43 Å². The number of thioether (sulfide) groups is 1. The molecule has 0 bridgehead atoms. The molecule has 2 atom stereocenters. The second kappa shape index (κ2) is 7.41. The quantitative estimate of drug-likeness (QED) is 0.564. The first-order chi connectivity index (χ1) is 10.7. The Balaban J connectivity index is 2.08. The second-order valence-electron chi connectivity index (χ2n) is 7.89. The van der Waals surface area contributed by atoms with Crippen molar-refractivity contribution in [2.24, 2.45) is 5.92 Å². The van der Waals surface area contributed by atoms with Crippen molar-refractivity contribution in [3.63, 3.8) is 0 Å². The third-order valence-electron chi connectivity index (χ3n) is 4.93. The molecule has 1 nitrogen and oxygen atoms in total. The predicted molar refractivity (Wildman–Crippen MR) is 105 cm³/mol. The summed E-state index contributed by atoms with van der Waals surface area (Å²) < 4.78 is 6.67. The van der Waals surface area contributed by atoms with Crippen LogP contribution in [-0.4, -0.2) is 14.4 Å². The Labute approximate surface area is 147 Å². The molecule has 0 aromatic heterocycles. The lowest BCUT2D eigenvalue weighted by atomic mass is 10.0. The normalized spacial score (nSPS) is 22.6. The standard InChI is InChI=1S/C20H30OSSi/c1-16-12-13-18(22-17-10-8-7-9-11-17)14-15-19(16)21-23(5,6)20(2,3)4/h7-14,16,19H,15H2,1-6H3/t16-,19-/m0/s1. The van der Waals surface area contributed by atoms with Crippen LogP contribution in [0.2, 0.25) is 18.1 Å². The number of hydrogen-bond donors (Lipinski definition) is 0. The molecule has 1 aliphatic carbocycles. The molecule has 1 aromatic carbocycles. The SMILES string of the molecule is C[C@H]1C=CC(Sc2ccccc2)=CC[C@@H]1O[Si](C)(C)C(C)(C)C. The molecular weight excluding hydrogens is 316 g/mol. The van der Waals surface area contributed by atoms with Crippen LogP contribution in [-0.2, 0) is 4.43 Å². The Morgan fingerprint density at radius 2 is 1.78 bits per heavy atom. The predicted octanol–water partition coefficient (Wildman–Crippen LogP) is 6.65. The molecule has 2 rings (SSSR count). The van der Waals surface area contributed by atoms with E-state index in [0.717, 1.165) is 6.42 Å². The Hall–Kier alpha value is -0.773. The molecule has 0 spiro atoms. The molecule has 0 saturated carbocycles. The lowest BCUT2D eigenvalue weighted by Gasteiger charge is -2.40. The van der Waals surface area contributed by atoms with E-state index in [-0.39, 0.29) is 5.04 Å². The largest absolute Gasteiger partial charge is 0.413 e. The minimum Gasteiger partial charge on any atom is -0.413 e. The van der Waals surface area contributed by atoms with E-state index >= 15 is 0 Å². The van der Waals surface area contributed by atoms with Gasteiger partial charge in [0.15, 0.2) is 8.32 Å². The summed E-state index contributed by atoms with van der Waals surface area (Å²) in [4.78, 5) is 2.61. The van der Waals surface area contributed by atoms with Crippen molar-refractivity contribution in [1.29, 1.82) is 0 Å². The van der Waals surface area contributed by atoms with Gasteiger partial charge in [-0.1, -0.05) is 75.9 Å². The van der Waals surface area contributed by atoms with Gasteiger partial charge >= 0.3 is 0 Å². The van der Waals surface area contributed by atoms with Crippen molar-refractivity contribution in [1.82, 2.24) is 0 Å². The Morgan fingerprint density at radius 1 is 1.13 bits per heavy atom. The highest BCUT2D eigenvalue weighted by molar-refractivity contribution is 8.03. The fourth-order valence-electron chi connectivity index (χ4n) is 2.30. The van der Waals surface area contributed by atoms with Crippen molar-refractivity contribution in [3.05, 3.63) is 53.5 Å². The first-order valence-electron chi connectivity index (χ1n) is 8.48. The van der Waals surface area contributed by atoms with E-state index in [9.17, 15) is 0 Å². The molecule has 1 aliphatic rings. The molecule has 23 heavy (non-hydrogen) atoms. The number of rotatable bonds is 4. The Morgan fingerprint density at radius 3 is 2.39 bits per heavy atom. The molecule has 0 fully saturated rings. The van der Waals surface area contributed by atoms with Gasteiger partial charge in [-0.05, 0) is 42.6 Å². The fourth-order valence-corrected chi connectivity index (χ4v) is 4.61. The van der Waals surface area contributed by atoms with Crippen molar-refractivity contribution < 1.29 is 4.43 Å². The first kappa shape index (κ1) is 18.6. The molecule has 0 saturated heterocycles. The third kappa shape index (κ3) is 5.10. The van der Waals surface area contributed by atoms with Crippen LogP contribution in [0.15, 0.2) is 58.4 Å². The van der Waals surface area contributed by atoms with Gasteiger partial charge in [0.2, 0.25) is 0 Å². The minimum absolute atomic E-state index is 0.258. The molecule has 0 amide bonds. The van der Waals surface area contributed by atoms with Crippen molar-refractivity contribution in [2.45, 2.75) is 63.2 Å². The molecule has 126 valence electrons. The van der Waals surface area contributed by atoms with Crippen LogP contribution in [0.5, 0.6) is 0 Å². The van der Waals surface area contributed by atoms with E-state index in [1.54, 1.807) is 0 Å². The van der Waals surface area contributed by atoms with Gasteiger partial charge in [-0.2, -0.15) is 0 Å². The maximum Gasteiger partial charge on any atom is 0.192 e.